The molecule has 3 aromatic heterocycles. The van der Waals surface area contributed by atoms with Gasteiger partial charge in [0.25, 0.3) is 0 Å². The van der Waals surface area contributed by atoms with Crippen molar-refractivity contribution >= 4 is 11.5 Å². The number of hydrogen-bond donors (Lipinski definition) is 2. The van der Waals surface area contributed by atoms with Crippen LogP contribution in [0.1, 0.15) is 11.3 Å². The summed E-state index contributed by atoms with van der Waals surface area (Å²) in [7, 11) is 1.53. The number of aryl methyl sites for hydroxylation is 1. The molecular weight excluding hydrogens is 342 g/mol. The summed E-state index contributed by atoms with van der Waals surface area (Å²) in [5.74, 6) is 1.23. The van der Waals surface area contributed by atoms with Crippen molar-refractivity contribution < 1.29 is 9.84 Å². The Morgan fingerprint density at radius 3 is 2.74 bits per heavy atom. The number of nitrogens with zero attached hydrogens (tertiary/aromatic N) is 4. The number of benzene rings is 1. The first-order chi connectivity index (χ1) is 13.2. The first-order valence-corrected chi connectivity index (χ1v) is 8.51. The number of fused-ring (bicyclic) bond motifs is 1. The maximum absolute atomic E-state index is 9.87. The topological polar surface area (TPSA) is 84.6 Å². The van der Waals surface area contributed by atoms with E-state index in [0.717, 1.165) is 28.2 Å². The van der Waals surface area contributed by atoms with Crippen LogP contribution in [0.25, 0.3) is 16.9 Å². The zero-order valence-corrected chi connectivity index (χ0v) is 15.0. The molecule has 0 bridgehead atoms. The van der Waals surface area contributed by atoms with Gasteiger partial charge < -0.3 is 15.2 Å². The van der Waals surface area contributed by atoms with E-state index in [0.29, 0.717) is 18.1 Å². The van der Waals surface area contributed by atoms with Gasteiger partial charge in [-0.3, -0.25) is 9.38 Å². The molecular formula is C20H19N5O2. The highest BCUT2D eigenvalue weighted by atomic mass is 16.5. The number of methoxy groups -OCH3 is 1. The van der Waals surface area contributed by atoms with Crippen LogP contribution >= 0.6 is 0 Å². The van der Waals surface area contributed by atoms with Gasteiger partial charge in [-0.2, -0.15) is 0 Å². The van der Waals surface area contributed by atoms with E-state index in [4.69, 9.17) is 9.72 Å². The molecule has 7 heteroatoms. The molecule has 0 aliphatic carbocycles. The molecule has 3 heterocycles. The van der Waals surface area contributed by atoms with E-state index in [1.165, 1.54) is 7.11 Å². The minimum atomic E-state index is 0.106. The van der Waals surface area contributed by atoms with Crippen LogP contribution in [0.5, 0.6) is 11.5 Å². The van der Waals surface area contributed by atoms with Crippen LogP contribution in [0.4, 0.5) is 5.82 Å². The number of anilines is 1. The fraction of sp³-hybridized carbons (Fsp3) is 0.150. The fourth-order valence-corrected chi connectivity index (χ4v) is 3.07. The van der Waals surface area contributed by atoms with Crippen molar-refractivity contribution in [3.05, 3.63) is 66.4 Å². The molecule has 0 fully saturated rings. The number of aromatic hydroxyl groups is 1. The van der Waals surface area contributed by atoms with Crippen LogP contribution in [-0.4, -0.2) is 31.6 Å². The van der Waals surface area contributed by atoms with E-state index < -0.39 is 0 Å². The largest absolute Gasteiger partial charge is 0.504 e. The van der Waals surface area contributed by atoms with Crippen molar-refractivity contribution in [2.45, 2.75) is 13.5 Å². The Bertz CT molecular complexity index is 1090. The number of ether oxygens (including phenoxy) is 1. The molecule has 0 atom stereocenters. The van der Waals surface area contributed by atoms with Gasteiger partial charge in [0.05, 0.1) is 18.5 Å². The molecule has 0 spiro atoms. The van der Waals surface area contributed by atoms with Gasteiger partial charge in [0.1, 0.15) is 0 Å². The Balaban J connectivity index is 1.75. The predicted octanol–water partition coefficient (Wildman–Crippen LogP) is 3.43. The smallest absolute Gasteiger partial charge is 0.180 e. The predicted molar refractivity (Wildman–Crippen MR) is 103 cm³/mol. The van der Waals surface area contributed by atoms with Crippen LogP contribution in [0.3, 0.4) is 0 Å². The highest BCUT2D eigenvalue weighted by Crippen LogP contribution is 2.34. The lowest BCUT2D eigenvalue weighted by Gasteiger charge is -2.09. The number of phenolic OH excluding ortho intramolecular Hbond substituents is 1. The maximum atomic E-state index is 9.87. The first kappa shape index (κ1) is 16.8. The summed E-state index contributed by atoms with van der Waals surface area (Å²) in [6, 6.07) is 9.18. The number of aromatic nitrogens is 4. The van der Waals surface area contributed by atoms with Gasteiger partial charge in [-0.25, -0.2) is 9.97 Å². The molecule has 0 aliphatic heterocycles. The van der Waals surface area contributed by atoms with Gasteiger partial charge in [-0.05, 0) is 42.8 Å². The minimum Gasteiger partial charge on any atom is -0.504 e. The van der Waals surface area contributed by atoms with Gasteiger partial charge in [-0.1, -0.05) is 0 Å². The van der Waals surface area contributed by atoms with Crippen molar-refractivity contribution in [2.24, 2.45) is 0 Å². The Morgan fingerprint density at radius 2 is 1.96 bits per heavy atom. The summed E-state index contributed by atoms with van der Waals surface area (Å²) in [5.41, 5.74) is 4.55. The number of pyridine rings is 1. The summed E-state index contributed by atoms with van der Waals surface area (Å²) < 4.78 is 7.23. The molecule has 0 aliphatic rings. The van der Waals surface area contributed by atoms with Crippen molar-refractivity contribution in [1.29, 1.82) is 0 Å². The summed E-state index contributed by atoms with van der Waals surface area (Å²) in [5, 5.41) is 13.2. The maximum Gasteiger partial charge on any atom is 0.180 e. The van der Waals surface area contributed by atoms with E-state index in [2.05, 4.69) is 15.3 Å². The molecule has 0 saturated carbocycles. The second-order valence-electron chi connectivity index (χ2n) is 6.11. The fourth-order valence-electron chi connectivity index (χ4n) is 3.07. The highest BCUT2D eigenvalue weighted by molar-refractivity contribution is 5.74. The van der Waals surface area contributed by atoms with Crippen molar-refractivity contribution in [3.63, 3.8) is 0 Å². The second kappa shape index (κ2) is 6.95. The molecule has 7 nitrogen and oxygen atoms in total. The minimum absolute atomic E-state index is 0.106. The highest BCUT2D eigenvalue weighted by Gasteiger charge is 2.16. The van der Waals surface area contributed by atoms with Gasteiger partial charge in [0.15, 0.2) is 23.0 Å². The average molecular weight is 361 g/mol. The van der Waals surface area contributed by atoms with E-state index in [9.17, 15) is 5.11 Å². The van der Waals surface area contributed by atoms with Gasteiger partial charge in [-0.15, -0.1) is 0 Å². The average Bonchev–Trinajstić information content (AvgIpc) is 3.04. The third-order valence-corrected chi connectivity index (χ3v) is 4.38. The zero-order valence-electron chi connectivity index (χ0n) is 15.0. The number of hydrogen-bond acceptors (Lipinski definition) is 6. The first-order valence-electron chi connectivity index (χ1n) is 8.51. The summed E-state index contributed by atoms with van der Waals surface area (Å²) in [4.78, 5) is 13.2. The number of imidazole rings is 1. The van der Waals surface area contributed by atoms with E-state index in [1.54, 1.807) is 30.7 Å². The lowest BCUT2D eigenvalue weighted by molar-refractivity contribution is 0.373. The molecule has 0 saturated heterocycles. The zero-order chi connectivity index (χ0) is 18.8. The second-order valence-corrected chi connectivity index (χ2v) is 6.11. The van der Waals surface area contributed by atoms with Gasteiger partial charge >= 0.3 is 0 Å². The molecule has 27 heavy (non-hydrogen) atoms. The normalized spacial score (nSPS) is 10.9. The van der Waals surface area contributed by atoms with Crippen LogP contribution in [0.2, 0.25) is 0 Å². The Morgan fingerprint density at radius 1 is 1.15 bits per heavy atom. The lowest BCUT2D eigenvalue weighted by Crippen LogP contribution is -2.04. The third-order valence-electron chi connectivity index (χ3n) is 4.38. The van der Waals surface area contributed by atoms with E-state index in [-0.39, 0.29) is 5.75 Å². The standard InChI is InChI=1S/C20H19N5O2/c1-13-18(15-3-4-16(26)17(11-15)27-2)25-10-9-22-19(20(25)24-13)23-12-14-5-7-21-8-6-14/h3-11,26H,12H2,1-2H3,(H,22,23). The SMILES string of the molecule is COc1cc(-c2c(C)nc3c(NCc4ccncc4)nccn23)ccc1O. The molecule has 4 rings (SSSR count). The van der Waals surface area contributed by atoms with Gasteiger partial charge in [0.2, 0.25) is 0 Å². The monoisotopic (exact) mass is 361 g/mol. The molecule has 0 radical (unpaired) electrons. The van der Waals surface area contributed by atoms with Crippen molar-refractivity contribution in [3.8, 4) is 22.8 Å². The van der Waals surface area contributed by atoms with Crippen molar-refractivity contribution in [1.82, 2.24) is 19.4 Å². The Labute approximate surface area is 156 Å². The molecule has 0 amide bonds. The van der Waals surface area contributed by atoms with Crippen LogP contribution in [-0.2, 0) is 6.54 Å². The lowest BCUT2D eigenvalue weighted by atomic mass is 10.1. The van der Waals surface area contributed by atoms with E-state index in [1.807, 2.05) is 35.7 Å². The number of nitrogens with one attached hydrogen (secondary N) is 1. The Kier molecular flexibility index (Phi) is 4.33. The summed E-state index contributed by atoms with van der Waals surface area (Å²) in [6.07, 6.45) is 7.15. The Hall–Kier alpha value is -3.61. The summed E-state index contributed by atoms with van der Waals surface area (Å²) >= 11 is 0. The van der Waals surface area contributed by atoms with Crippen LogP contribution in [0.15, 0.2) is 55.1 Å². The van der Waals surface area contributed by atoms with Crippen LogP contribution < -0.4 is 10.1 Å². The quantitative estimate of drug-likeness (QED) is 0.567. The number of rotatable bonds is 5. The molecule has 2 N–H and O–H groups in total. The summed E-state index contributed by atoms with van der Waals surface area (Å²) in [6.45, 7) is 2.58. The third kappa shape index (κ3) is 3.15. The van der Waals surface area contributed by atoms with Crippen LogP contribution in [0, 0.1) is 6.92 Å². The van der Waals surface area contributed by atoms with Gasteiger partial charge in [0, 0.05) is 36.9 Å². The molecule has 0 unspecified atom stereocenters. The van der Waals surface area contributed by atoms with E-state index >= 15 is 0 Å². The molecule has 136 valence electrons. The molecule has 4 aromatic rings. The number of phenols is 1. The van der Waals surface area contributed by atoms with Crippen molar-refractivity contribution in [2.75, 3.05) is 12.4 Å². The molecule has 1 aromatic carbocycles.